The molecule has 2 nitrogen and oxygen atoms in total. The quantitative estimate of drug-likeness (QED) is 0.141. The van der Waals surface area contributed by atoms with Gasteiger partial charge in [0.1, 0.15) is 11.5 Å². The second-order valence-electron chi connectivity index (χ2n) is 25.6. The third-order valence-electron chi connectivity index (χ3n) is 15.2. The molecule has 0 spiro atoms. The molecular formula is C72H76O2. The van der Waals surface area contributed by atoms with Crippen LogP contribution in [0.3, 0.4) is 0 Å². The Morgan fingerprint density at radius 3 is 0.851 bits per heavy atom. The summed E-state index contributed by atoms with van der Waals surface area (Å²) < 4.78 is 13.0. The molecule has 0 radical (unpaired) electrons. The van der Waals surface area contributed by atoms with Crippen molar-refractivity contribution < 1.29 is 9.47 Å². The molecule has 10 aromatic carbocycles. The van der Waals surface area contributed by atoms with Crippen molar-refractivity contribution in [3.05, 3.63) is 180 Å². The fraction of sp³-hybridized carbons (Fsp3) is 0.306. The van der Waals surface area contributed by atoms with Crippen molar-refractivity contribution in [3.8, 4) is 56.0 Å². The first-order chi connectivity index (χ1) is 34.9. The maximum atomic E-state index is 6.48. The van der Waals surface area contributed by atoms with Crippen LogP contribution in [0.1, 0.15) is 133 Å². The normalized spacial score (nSPS) is 12.8. The van der Waals surface area contributed by atoms with Crippen LogP contribution in [0.5, 0.6) is 11.5 Å². The highest BCUT2D eigenvalue weighted by molar-refractivity contribution is 6.27. The molecule has 0 atom stereocenters. The molecule has 10 rings (SSSR count). The van der Waals surface area contributed by atoms with E-state index >= 15 is 0 Å². The van der Waals surface area contributed by atoms with Crippen molar-refractivity contribution >= 4 is 53.9 Å². The van der Waals surface area contributed by atoms with Gasteiger partial charge in [0, 0.05) is 0 Å². The molecule has 0 bridgehead atoms. The molecule has 0 heterocycles. The van der Waals surface area contributed by atoms with Gasteiger partial charge in [-0.1, -0.05) is 192 Å². The number of hydrogen-bond donors (Lipinski definition) is 0. The van der Waals surface area contributed by atoms with Gasteiger partial charge in [0.2, 0.25) is 0 Å². The highest BCUT2D eigenvalue weighted by Gasteiger charge is 2.28. The molecule has 10 aromatic rings. The van der Waals surface area contributed by atoms with Crippen LogP contribution >= 0.6 is 0 Å². The van der Waals surface area contributed by atoms with Crippen LogP contribution in [0.2, 0.25) is 0 Å². The van der Waals surface area contributed by atoms with Crippen molar-refractivity contribution in [2.24, 2.45) is 0 Å². The van der Waals surface area contributed by atoms with E-state index in [1.807, 2.05) is 0 Å². The second kappa shape index (κ2) is 18.5. The number of ether oxygens (including phenoxy) is 2. The van der Waals surface area contributed by atoms with Gasteiger partial charge in [0.15, 0.2) is 0 Å². The molecular weight excluding hydrogens is 897 g/mol. The summed E-state index contributed by atoms with van der Waals surface area (Å²) >= 11 is 0. The lowest BCUT2D eigenvalue weighted by atomic mass is 9.77. The Balaban J connectivity index is 1.41. The molecule has 0 unspecified atom stereocenters. The van der Waals surface area contributed by atoms with Crippen molar-refractivity contribution in [1.29, 1.82) is 0 Å². The van der Waals surface area contributed by atoms with Crippen LogP contribution in [0.25, 0.3) is 98.4 Å². The minimum atomic E-state index is -0.0720. The molecule has 0 aliphatic carbocycles. The SMILES string of the molecule is CC(C)Oc1cccc(-c2c(-c3ccc(-c4c(-c5cccc(OC(C)C)c5)c5cc(C(C)(C)C)ccc5c5ccc(C(C)(C)C)cc45)c4ccccc34)c3cc(C(C)(C)C)ccc3c3ccc(C(C)(C)C)cc23)c1. The Morgan fingerprint density at radius 2 is 0.568 bits per heavy atom. The molecule has 0 aliphatic heterocycles. The minimum absolute atomic E-state index is 0.0391. The second-order valence-corrected chi connectivity index (χ2v) is 25.6. The zero-order chi connectivity index (χ0) is 52.8. The first-order valence-corrected chi connectivity index (χ1v) is 27.0. The number of fused-ring (bicyclic) bond motifs is 7. The van der Waals surface area contributed by atoms with Crippen LogP contribution < -0.4 is 9.47 Å². The van der Waals surface area contributed by atoms with E-state index in [0.717, 1.165) is 22.6 Å². The van der Waals surface area contributed by atoms with Crippen molar-refractivity contribution in [2.45, 2.75) is 145 Å². The van der Waals surface area contributed by atoms with E-state index < -0.39 is 0 Å². The number of benzene rings is 10. The largest absolute Gasteiger partial charge is 0.491 e. The Labute approximate surface area is 441 Å². The average molecular weight is 973 g/mol. The van der Waals surface area contributed by atoms with Crippen molar-refractivity contribution in [1.82, 2.24) is 0 Å². The summed E-state index contributed by atoms with van der Waals surface area (Å²) in [5.41, 5.74) is 14.6. The highest BCUT2D eigenvalue weighted by atomic mass is 16.5. The van der Waals surface area contributed by atoms with Gasteiger partial charge >= 0.3 is 0 Å². The molecule has 74 heavy (non-hydrogen) atoms. The van der Waals surface area contributed by atoms with Crippen LogP contribution in [0, 0.1) is 0 Å². The summed E-state index contributed by atoms with van der Waals surface area (Å²) in [5.74, 6) is 1.74. The Kier molecular flexibility index (Phi) is 12.6. The summed E-state index contributed by atoms with van der Waals surface area (Å²) in [6.45, 7) is 36.3. The van der Waals surface area contributed by atoms with E-state index in [1.54, 1.807) is 0 Å². The van der Waals surface area contributed by atoms with E-state index in [1.165, 1.54) is 109 Å². The first kappa shape index (κ1) is 50.6. The lowest BCUT2D eigenvalue weighted by molar-refractivity contribution is 0.242. The smallest absolute Gasteiger partial charge is 0.120 e. The summed E-state index contributed by atoms with van der Waals surface area (Å²) in [6.07, 6.45) is 0.0782. The van der Waals surface area contributed by atoms with Gasteiger partial charge in [-0.25, -0.2) is 0 Å². The van der Waals surface area contributed by atoms with E-state index in [0.29, 0.717) is 0 Å². The van der Waals surface area contributed by atoms with Gasteiger partial charge in [0.25, 0.3) is 0 Å². The van der Waals surface area contributed by atoms with E-state index in [2.05, 4.69) is 269 Å². The van der Waals surface area contributed by atoms with Crippen molar-refractivity contribution in [3.63, 3.8) is 0 Å². The van der Waals surface area contributed by atoms with E-state index in [4.69, 9.17) is 9.47 Å². The molecule has 0 N–H and O–H groups in total. The standard InChI is InChI=1S/C72H76O2/c1-43(2)73-51-23-19-21-45(37-51)65-61-39-47(69(5,6)7)27-31-55(61)57-33-29-49(71(11,12)13)41-63(57)67(65)59-35-36-60(54-26-18-17-25-53(54)59)68-64-42-50(72(14,15)16)30-34-58(64)56-32-28-48(70(8,9)10)40-62(56)66(68)46-22-20-24-52(38-46)74-44(3)4/h17-44H,1-16H3. The third-order valence-corrected chi connectivity index (χ3v) is 15.2. The van der Waals surface area contributed by atoms with Crippen LogP contribution in [0.15, 0.2) is 158 Å². The summed E-state index contributed by atoms with van der Waals surface area (Å²) in [6, 6.07) is 60.6. The van der Waals surface area contributed by atoms with Gasteiger partial charge in [-0.05, 0) is 219 Å². The summed E-state index contributed by atoms with van der Waals surface area (Å²) in [5, 5.41) is 12.4. The maximum absolute atomic E-state index is 6.48. The monoisotopic (exact) mass is 973 g/mol. The molecule has 0 amide bonds. The Bertz CT molecular complexity index is 3560. The maximum Gasteiger partial charge on any atom is 0.120 e. The predicted octanol–water partition coefficient (Wildman–Crippen LogP) is 20.9. The zero-order valence-electron chi connectivity index (χ0n) is 47.0. The van der Waals surface area contributed by atoms with Crippen LogP contribution in [-0.2, 0) is 21.7 Å². The minimum Gasteiger partial charge on any atom is -0.491 e. The molecule has 0 aliphatic rings. The fourth-order valence-corrected chi connectivity index (χ4v) is 11.2. The molecule has 376 valence electrons. The first-order valence-electron chi connectivity index (χ1n) is 27.0. The number of hydrogen-bond acceptors (Lipinski definition) is 2. The highest BCUT2D eigenvalue weighted by Crippen LogP contribution is 2.53. The predicted molar refractivity (Wildman–Crippen MR) is 322 cm³/mol. The average Bonchev–Trinajstić information content (AvgIpc) is 3.36. The van der Waals surface area contributed by atoms with Gasteiger partial charge in [-0.3, -0.25) is 0 Å². The summed E-state index contributed by atoms with van der Waals surface area (Å²) in [4.78, 5) is 0. The molecule has 0 saturated carbocycles. The topological polar surface area (TPSA) is 18.5 Å². The van der Waals surface area contributed by atoms with Crippen molar-refractivity contribution in [2.75, 3.05) is 0 Å². The van der Waals surface area contributed by atoms with Crippen LogP contribution in [-0.4, -0.2) is 12.2 Å². The molecule has 0 aromatic heterocycles. The Hall–Kier alpha value is -6.90. The number of rotatable bonds is 8. The lowest BCUT2D eigenvalue weighted by Gasteiger charge is -2.27. The molecule has 0 fully saturated rings. The fourth-order valence-electron chi connectivity index (χ4n) is 11.2. The van der Waals surface area contributed by atoms with E-state index in [9.17, 15) is 0 Å². The Morgan fingerprint density at radius 1 is 0.270 bits per heavy atom. The van der Waals surface area contributed by atoms with Gasteiger partial charge < -0.3 is 9.47 Å². The zero-order valence-corrected chi connectivity index (χ0v) is 47.0. The molecule has 2 heteroatoms. The van der Waals surface area contributed by atoms with Crippen LogP contribution in [0.4, 0.5) is 0 Å². The van der Waals surface area contributed by atoms with E-state index in [-0.39, 0.29) is 33.9 Å². The third kappa shape index (κ3) is 9.35. The van der Waals surface area contributed by atoms with Gasteiger partial charge in [-0.15, -0.1) is 0 Å². The summed E-state index contributed by atoms with van der Waals surface area (Å²) in [7, 11) is 0. The molecule has 0 saturated heterocycles. The van der Waals surface area contributed by atoms with Gasteiger partial charge in [-0.2, -0.15) is 0 Å². The lowest BCUT2D eigenvalue weighted by Crippen LogP contribution is -2.11. The van der Waals surface area contributed by atoms with Gasteiger partial charge in [0.05, 0.1) is 12.2 Å².